The van der Waals surface area contributed by atoms with E-state index in [2.05, 4.69) is 6.92 Å². The Morgan fingerprint density at radius 2 is 1.66 bits per heavy atom. The molecule has 1 aliphatic heterocycles. The van der Waals surface area contributed by atoms with Gasteiger partial charge in [-0.25, -0.2) is 0 Å². The van der Waals surface area contributed by atoms with Gasteiger partial charge in [0.1, 0.15) is 22.8 Å². The highest BCUT2D eigenvalue weighted by Gasteiger charge is 2.56. The maximum Gasteiger partial charge on any atom is 0.460 e. The number of para-hydroxylation sites is 1. The molecule has 1 unspecified atom stereocenters. The highest BCUT2D eigenvalue weighted by atomic mass is 16.5. The standard InChI is InChI=1S/C23H30BNO4/c1-6-8-16-23(7-2)22(26)25(21-19(27-4)10-9-11-20(21)28-5)24(29-23)18-14-12-17(3)13-15-18/h9-15H,6-8,16H2,1-5H3. The zero-order chi connectivity index (χ0) is 21.0. The van der Waals surface area contributed by atoms with Crippen LogP contribution in [0.5, 0.6) is 11.5 Å². The van der Waals surface area contributed by atoms with Crippen molar-refractivity contribution in [3.63, 3.8) is 0 Å². The fraction of sp³-hybridized carbons (Fsp3) is 0.435. The van der Waals surface area contributed by atoms with Crippen LogP contribution in [0.25, 0.3) is 0 Å². The molecule has 1 aliphatic rings. The van der Waals surface area contributed by atoms with Crippen LogP contribution in [0.4, 0.5) is 5.69 Å². The molecule has 0 N–H and O–H groups in total. The fourth-order valence-electron chi connectivity index (χ4n) is 3.92. The zero-order valence-corrected chi connectivity index (χ0v) is 18.0. The van der Waals surface area contributed by atoms with E-state index in [1.54, 1.807) is 19.0 Å². The van der Waals surface area contributed by atoms with E-state index < -0.39 is 12.7 Å². The molecular formula is C23H30BNO4. The lowest BCUT2D eigenvalue weighted by molar-refractivity contribution is -0.130. The number of nitrogens with zero attached hydrogens (tertiary/aromatic N) is 1. The molecule has 1 atom stereocenters. The van der Waals surface area contributed by atoms with Gasteiger partial charge in [-0.3, -0.25) is 4.79 Å². The van der Waals surface area contributed by atoms with Crippen LogP contribution in [-0.2, 0) is 9.45 Å². The third-order valence-corrected chi connectivity index (χ3v) is 5.69. The van der Waals surface area contributed by atoms with E-state index in [1.807, 2.05) is 56.3 Å². The van der Waals surface area contributed by atoms with Crippen molar-refractivity contribution in [2.45, 2.75) is 52.1 Å². The molecule has 2 aromatic rings. The van der Waals surface area contributed by atoms with Crippen molar-refractivity contribution in [1.29, 1.82) is 0 Å². The summed E-state index contributed by atoms with van der Waals surface area (Å²) in [5.41, 5.74) is 1.85. The van der Waals surface area contributed by atoms with Gasteiger partial charge >= 0.3 is 7.05 Å². The van der Waals surface area contributed by atoms with Crippen LogP contribution in [-0.4, -0.2) is 32.8 Å². The summed E-state index contributed by atoms with van der Waals surface area (Å²) in [6, 6.07) is 13.7. The van der Waals surface area contributed by atoms with E-state index in [9.17, 15) is 4.79 Å². The largest absolute Gasteiger partial charge is 0.494 e. The average molecular weight is 395 g/mol. The third kappa shape index (κ3) is 3.86. The van der Waals surface area contributed by atoms with Gasteiger partial charge in [-0.2, -0.15) is 0 Å². The van der Waals surface area contributed by atoms with Gasteiger partial charge < -0.3 is 18.9 Å². The first-order valence-corrected chi connectivity index (χ1v) is 10.3. The molecule has 154 valence electrons. The Hall–Kier alpha value is -2.47. The molecule has 1 fully saturated rings. The van der Waals surface area contributed by atoms with Gasteiger partial charge in [0, 0.05) is 0 Å². The molecule has 5 nitrogen and oxygen atoms in total. The van der Waals surface area contributed by atoms with Gasteiger partial charge in [-0.1, -0.05) is 62.6 Å². The highest BCUT2D eigenvalue weighted by Crippen LogP contribution is 2.44. The SMILES string of the molecule is CCCCC1(CC)OB(c2ccc(C)cc2)N(c2c(OC)cccc2OC)C1=O. The quantitative estimate of drug-likeness (QED) is 0.632. The summed E-state index contributed by atoms with van der Waals surface area (Å²) < 4.78 is 17.8. The number of rotatable bonds is 8. The Morgan fingerprint density at radius 1 is 1.03 bits per heavy atom. The van der Waals surface area contributed by atoms with E-state index >= 15 is 0 Å². The predicted molar refractivity (Wildman–Crippen MR) is 117 cm³/mol. The normalized spacial score (nSPS) is 19.0. The second-order valence-electron chi connectivity index (χ2n) is 7.52. The van der Waals surface area contributed by atoms with E-state index in [4.69, 9.17) is 14.1 Å². The number of aryl methyl sites for hydroxylation is 1. The number of carbonyl (C=O) groups excluding carboxylic acids is 1. The minimum Gasteiger partial charge on any atom is -0.494 e. The van der Waals surface area contributed by atoms with Crippen molar-refractivity contribution in [2.24, 2.45) is 0 Å². The van der Waals surface area contributed by atoms with E-state index in [0.717, 1.165) is 23.9 Å². The summed E-state index contributed by atoms with van der Waals surface area (Å²) in [7, 11) is 2.67. The molecule has 2 aromatic carbocycles. The maximum atomic E-state index is 13.8. The minimum atomic E-state index is -0.850. The van der Waals surface area contributed by atoms with Crippen LogP contribution >= 0.6 is 0 Å². The summed E-state index contributed by atoms with van der Waals surface area (Å²) in [5, 5.41) is 0. The molecule has 3 rings (SSSR count). The molecule has 1 amide bonds. The Labute approximate surface area is 174 Å². The van der Waals surface area contributed by atoms with Crippen LogP contribution in [0.3, 0.4) is 0 Å². The number of unbranched alkanes of at least 4 members (excludes halogenated alkanes) is 1. The fourth-order valence-corrected chi connectivity index (χ4v) is 3.92. The van der Waals surface area contributed by atoms with Crippen LogP contribution in [0.2, 0.25) is 0 Å². The second kappa shape index (κ2) is 8.91. The number of anilines is 1. The Balaban J connectivity index is 2.17. The summed E-state index contributed by atoms with van der Waals surface area (Å²) in [6.07, 6.45) is 3.24. The summed E-state index contributed by atoms with van der Waals surface area (Å²) in [4.78, 5) is 15.6. The molecule has 0 saturated carbocycles. The molecule has 0 bridgehead atoms. The van der Waals surface area contributed by atoms with Crippen molar-refractivity contribution in [2.75, 3.05) is 19.0 Å². The summed E-state index contributed by atoms with van der Waals surface area (Å²) >= 11 is 0. The zero-order valence-electron chi connectivity index (χ0n) is 18.0. The van der Waals surface area contributed by atoms with Crippen molar-refractivity contribution >= 4 is 24.1 Å². The van der Waals surface area contributed by atoms with Crippen molar-refractivity contribution in [1.82, 2.24) is 0 Å². The van der Waals surface area contributed by atoms with Gasteiger partial charge in [0.2, 0.25) is 5.91 Å². The van der Waals surface area contributed by atoms with Crippen LogP contribution in [0.1, 0.15) is 45.1 Å². The molecule has 0 radical (unpaired) electrons. The number of amides is 1. The number of carbonyl (C=O) groups is 1. The first kappa shape index (κ1) is 21.2. The van der Waals surface area contributed by atoms with Crippen molar-refractivity contribution < 1.29 is 18.9 Å². The Kier molecular flexibility index (Phi) is 6.53. The monoisotopic (exact) mass is 395 g/mol. The molecular weight excluding hydrogens is 365 g/mol. The smallest absolute Gasteiger partial charge is 0.460 e. The molecule has 0 spiro atoms. The Bertz CT molecular complexity index is 832. The predicted octanol–water partition coefficient (Wildman–Crippen LogP) is 4.11. The molecule has 1 saturated heterocycles. The van der Waals surface area contributed by atoms with E-state index in [1.165, 1.54) is 0 Å². The first-order chi connectivity index (χ1) is 14.0. The average Bonchev–Trinajstić information content (AvgIpc) is 3.04. The topological polar surface area (TPSA) is 48.0 Å². The van der Waals surface area contributed by atoms with Gasteiger partial charge in [0.15, 0.2) is 0 Å². The van der Waals surface area contributed by atoms with Gasteiger partial charge in [-0.15, -0.1) is 0 Å². The van der Waals surface area contributed by atoms with Gasteiger partial charge in [0.25, 0.3) is 0 Å². The first-order valence-electron chi connectivity index (χ1n) is 10.3. The van der Waals surface area contributed by atoms with Gasteiger partial charge in [-0.05, 0) is 37.4 Å². The number of benzene rings is 2. The second-order valence-corrected chi connectivity index (χ2v) is 7.52. The van der Waals surface area contributed by atoms with Crippen LogP contribution in [0, 0.1) is 6.92 Å². The number of hydrogen-bond donors (Lipinski definition) is 0. The van der Waals surface area contributed by atoms with Crippen molar-refractivity contribution in [3.05, 3.63) is 48.0 Å². The lowest BCUT2D eigenvalue weighted by Crippen LogP contribution is -2.47. The summed E-state index contributed by atoms with van der Waals surface area (Å²) in [5.74, 6) is 1.13. The lowest BCUT2D eigenvalue weighted by Gasteiger charge is -2.27. The van der Waals surface area contributed by atoms with Gasteiger partial charge in [0.05, 0.1) is 14.2 Å². The summed E-state index contributed by atoms with van der Waals surface area (Å²) in [6.45, 7) is 6.19. The molecule has 0 aliphatic carbocycles. The lowest BCUT2D eigenvalue weighted by atomic mass is 9.71. The van der Waals surface area contributed by atoms with E-state index in [-0.39, 0.29) is 5.91 Å². The minimum absolute atomic E-state index is 0.0400. The molecule has 1 heterocycles. The number of hydrogen-bond acceptors (Lipinski definition) is 4. The van der Waals surface area contributed by atoms with E-state index in [0.29, 0.717) is 30.0 Å². The molecule has 6 heteroatoms. The number of methoxy groups -OCH3 is 2. The van der Waals surface area contributed by atoms with Crippen LogP contribution in [0.15, 0.2) is 42.5 Å². The third-order valence-electron chi connectivity index (χ3n) is 5.69. The highest BCUT2D eigenvalue weighted by molar-refractivity contribution is 6.77. The number of ether oxygens (including phenoxy) is 2. The maximum absolute atomic E-state index is 13.8. The van der Waals surface area contributed by atoms with Crippen LogP contribution < -0.4 is 19.7 Å². The Morgan fingerprint density at radius 3 is 2.17 bits per heavy atom. The van der Waals surface area contributed by atoms with Crippen molar-refractivity contribution in [3.8, 4) is 11.5 Å². The molecule has 0 aromatic heterocycles. The molecule has 29 heavy (non-hydrogen) atoms.